The van der Waals surface area contributed by atoms with E-state index in [9.17, 15) is 4.79 Å². The zero-order valence-corrected chi connectivity index (χ0v) is 11.0. The quantitative estimate of drug-likeness (QED) is 0.907. The monoisotopic (exact) mass is 260 g/mol. The Kier molecular flexibility index (Phi) is 3.91. The fourth-order valence-corrected chi connectivity index (χ4v) is 2.00. The average molecular weight is 260 g/mol. The minimum absolute atomic E-state index is 0.113. The SMILES string of the molecule is CCOC(=O)Nc1ccc2c(c1)CC(C(C)C#N)O2. The third-order valence-electron chi connectivity index (χ3n) is 3.04. The Labute approximate surface area is 112 Å². The van der Waals surface area contributed by atoms with E-state index in [2.05, 4.69) is 11.4 Å². The zero-order valence-electron chi connectivity index (χ0n) is 11.0. The number of hydrogen-bond donors (Lipinski definition) is 1. The van der Waals surface area contributed by atoms with Gasteiger partial charge in [0.05, 0.1) is 18.6 Å². The van der Waals surface area contributed by atoms with Crippen molar-refractivity contribution in [3.8, 4) is 11.8 Å². The van der Waals surface area contributed by atoms with Crippen LogP contribution in [0.15, 0.2) is 18.2 Å². The van der Waals surface area contributed by atoms with Crippen molar-refractivity contribution in [1.29, 1.82) is 5.26 Å². The van der Waals surface area contributed by atoms with E-state index in [0.717, 1.165) is 11.3 Å². The van der Waals surface area contributed by atoms with Gasteiger partial charge in [0.25, 0.3) is 0 Å². The number of fused-ring (bicyclic) bond motifs is 1. The van der Waals surface area contributed by atoms with Gasteiger partial charge in [-0.3, -0.25) is 5.32 Å². The number of carbonyl (C=O) groups is 1. The van der Waals surface area contributed by atoms with Crippen molar-refractivity contribution in [2.75, 3.05) is 11.9 Å². The van der Waals surface area contributed by atoms with Gasteiger partial charge >= 0.3 is 6.09 Å². The first-order valence-corrected chi connectivity index (χ1v) is 6.27. The van der Waals surface area contributed by atoms with E-state index in [1.54, 1.807) is 19.1 Å². The van der Waals surface area contributed by atoms with Crippen LogP contribution in [-0.2, 0) is 11.2 Å². The van der Waals surface area contributed by atoms with Crippen LogP contribution in [0.25, 0.3) is 0 Å². The molecule has 0 bridgehead atoms. The average Bonchev–Trinajstić information content (AvgIpc) is 2.81. The Balaban J connectivity index is 2.07. The van der Waals surface area contributed by atoms with Crippen LogP contribution in [0.5, 0.6) is 5.75 Å². The highest BCUT2D eigenvalue weighted by Gasteiger charge is 2.27. The van der Waals surface area contributed by atoms with Gasteiger partial charge in [-0.05, 0) is 37.6 Å². The maximum Gasteiger partial charge on any atom is 0.411 e. The summed E-state index contributed by atoms with van der Waals surface area (Å²) in [5, 5.41) is 11.6. The van der Waals surface area contributed by atoms with Crippen molar-refractivity contribution in [3.05, 3.63) is 23.8 Å². The molecule has 0 saturated carbocycles. The molecule has 5 heteroatoms. The van der Waals surface area contributed by atoms with E-state index in [1.807, 2.05) is 13.0 Å². The molecule has 1 amide bonds. The van der Waals surface area contributed by atoms with E-state index in [-0.39, 0.29) is 12.0 Å². The Morgan fingerprint density at radius 2 is 2.47 bits per heavy atom. The van der Waals surface area contributed by atoms with Gasteiger partial charge in [0.1, 0.15) is 11.9 Å². The van der Waals surface area contributed by atoms with Gasteiger partial charge < -0.3 is 9.47 Å². The normalized spacial score (nSPS) is 17.8. The molecule has 0 aliphatic carbocycles. The number of rotatable bonds is 3. The first-order valence-electron chi connectivity index (χ1n) is 6.27. The molecular weight excluding hydrogens is 244 g/mol. The van der Waals surface area contributed by atoms with E-state index in [0.29, 0.717) is 18.7 Å². The lowest BCUT2D eigenvalue weighted by molar-refractivity contribution is 0.168. The molecule has 0 radical (unpaired) electrons. The zero-order chi connectivity index (χ0) is 13.8. The van der Waals surface area contributed by atoms with Crippen LogP contribution in [0.1, 0.15) is 19.4 Å². The summed E-state index contributed by atoms with van der Waals surface area (Å²) in [7, 11) is 0. The topological polar surface area (TPSA) is 71.3 Å². The largest absolute Gasteiger partial charge is 0.488 e. The number of nitrogens with zero attached hydrogens (tertiary/aromatic N) is 1. The van der Waals surface area contributed by atoms with Crippen LogP contribution >= 0.6 is 0 Å². The van der Waals surface area contributed by atoms with E-state index >= 15 is 0 Å². The Morgan fingerprint density at radius 1 is 1.68 bits per heavy atom. The minimum atomic E-state index is -0.469. The molecule has 0 fully saturated rings. The summed E-state index contributed by atoms with van der Waals surface area (Å²) in [6.07, 6.45) is 0.101. The summed E-state index contributed by atoms with van der Waals surface area (Å²) >= 11 is 0. The minimum Gasteiger partial charge on any atom is -0.488 e. The summed E-state index contributed by atoms with van der Waals surface area (Å²) < 4.78 is 10.5. The fraction of sp³-hybridized carbons (Fsp3) is 0.429. The molecule has 0 spiro atoms. The summed E-state index contributed by atoms with van der Waals surface area (Å²) in [5.74, 6) is 0.621. The van der Waals surface area contributed by atoms with Gasteiger partial charge in [-0.25, -0.2) is 4.79 Å². The first-order chi connectivity index (χ1) is 9.13. The second-order valence-corrected chi connectivity index (χ2v) is 4.45. The van der Waals surface area contributed by atoms with Crippen molar-refractivity contribution in [2.24, 2.45) is 5.92 Å². The maximum absolute atomic E-state index is 11.3. The van der Waals surface area contributed by atoms with Crippen LogP contribution in [-0.4, -0.2) is 18.8 Å². The number of hydrogen-bond acceptors (Lipinski definition) is 4. The van der Waals surface area contributed by atoms with E-state index in [4.69, 9.17) is 14.7 Å². The third kappa shape index (κ3) is 2.97. The van der Waals surface area contributed by atoms with E-state index < -0.39 is 6.09 Å². The maximum atomic E-state index is 11.3. The number of carbonyl (C=O) groups excluding carboxylic acids is 1. The van der Waals surface area contributed by atoms with Crippen LogP contribution in [0, 0.1) is 17.2 Å². The second-order valence-electron chi connectivity index (χ2n) is 4.45. The first kappa shape index (κ1) is 13.2. The molecule has 19 heavy (non-hydrogen) atoms. The van der Waals surface area contributed by atoms with Gasteiger partial charge in [0.2, 0.25) is 0 Å². The van der Waals surface area contributed by atoms with Crippen LogP contribution in [0.2, 0.25) is 0 Å². The summed E-state index contributed by atoms with van der Waals surface area (Å²) in [4.78, 5) is 11.3. The predicted molar refractivity (Wildman–Crippen MR) is 70.0 cm³/mol. The lowest BCUT2D eigenvalue weighted by atomic mass is 10.0. The predicted octanol–water partition coefficient (Wildman–Crippen LogP) is 2.72. The smallest absolute Gasteiger partial charge is 0.411 e. The Morgan fingerprint density at radius 3 is 3.16 bits per heavy atom. The number of nitriles is 1. The van der Waals surface area contributed by atoms with Crippen molar-refractivity contribution in [1.82, 2.24) is 0 Å². The Hall–Kier alpha value is -2.22. The molecule has 1 aromatic rings. The van der Waals surface area contributed by atoms with Crippen LogP contribution in [0.4, 0.5) is 10.5 Å². The van der Waals surface area contributed by atoms with Gasteiger partial charge in [-0.2, -0.15) is 5.26 Å². The third-order valence-corrected chi connectivity index (χ3v) is 3.04. The van der Waals surface area contributed by atoms with Crippen LogP contribution < -0.4 is 10.1 Å². The summed E-state index contributed by atoms with van der Waals surface area (Å²) in [6, 6.07) is 7.61. The highest BCUT2D eigenvalue weighted by Crippen LogP contribution is 2.33. The molecule has 1 aliphatic rings. The molecule has 2 unspecified atom stereocenters. The molecule has 1 N–H and O–H groups in total. The fourth-order valence-electron chi connectivity index (χ4n) is 2.00. The van der Waals surface area contributed by atoms with Gasteiger partial charge in [-0.1, -0.05) is 0 Å². The molecule has 2 atom stereocenters. The molecule has 1 aliphatic heterocycles. The molecule has 1 heterocycles. The molecule has 0 saturated heterocycles. The number of ether oxygens (including phenoxy) is 2. The summed E-state index contributed by atoms with van der Waals surface area (Å²) in [6.45, 7) is 3.93. The number of benzene rings is 1. The highest BCUT2D eigenvalue weighted by atomic mass is 16.5. The van der Waals surface area contributed by atoms with Crippen molar-refractivity contribution >= 4 is 11.8 Å². The van der Waals surface area contributed by atoms with Gasteiger partial charge in [-0.15, -0.1) is 0 Å². The standard InChI is InChI=1S/C14H16N2O3/c1-3-18-14(17)16-11-4-5-12-10(6-11)7-13(19-12)9(2)8-15/h4-6,9,13H,3,7H2,1-2H3,(H,16,17). The second kappa shape index (κ2) is 5.61. The molecule has 1 aromatic carbocycles. The Bertz CT molecular complexity index is 522. The summed E-state index contributed by atoms with van der Waals surface area (Å²) in [5.41, 5.74) is 1.67. The van der Waals surface area contributed by atoms with Crippen LogP contribution in [0.3, 0.4) is 0 Å². The molecule has 100 valence electrons. The molecule has 0 aromatic heterocycles. The lowest BCUT2D eigenvalue weighted by Gasteiger charge is -2.11. The number of amides is 1. The van der Waals surface area contributed by atoms with Gasteiger partial charge in [0, 0.05) is 12.1 Å². The van der Waals surface area contributed by atoms with E-state index in [1.165, 1.54) is 0 Å². The molecule has 5 nitrogen and oxygen atoms in total. The number of nitrogens with one attached hydrogen (secondary N) is 1. The lowest BCUT2D eigenvalue weighted by Crippen LogP contribution is -2.21. The van der Waals surface area contributed by atoms with Crippen molar-refractivity contribution in [3.63, 3.8) is 0 Å². The number of anilines is 1. The molecular formula is C14H16N2O3. The molecule has 2 rings (SSSR count). The van der Waals surface area contributed by atoms with Crippen molar-refractivity contribution in [2.45, 2.75) is 26.4 Å². The van der Waals surface area contributed by atoms with Crippen molar-refractivity contribution < 1.29 is 14.3 Å². The van der Waals surface area contributed by atoms with Gasteiger partial charge in [0.15, 0.2) is 0 Å². The highest BCUT2D eigenvalue weighted by molar-refractivity contribution is 5.84.